The van der Waals surface area contributed by atoms with E-state index in [0.717, 1.165) is 25.2 Å². The number of H-pyrrole nitrogens is 1. The number of aromatic nitrogens is 2. The van der Waals surface area contributed by atoms with Gasteiger partial charge in [0, 0.05) is 29.8 Å². The zero-order valence-corrected chi connectivity index (χ0v) is 11.7. The van der Waals surface area contributed by atoms with E-state index >= 15 is 0 Å². The summed E-state index contributed by atoms with van der Waals surface area (Å²) in [6, 6.07) is 12.6. The molecule has 2 heterocycles. The van der Waals surface area contributed by atoms with Crippen molar-refractivity contribution in [3.63, 3.8) is 0 Å². The van der Waals surface area contributed by atoms with Crippen molar-refractivity contribution in [3.05, 3.63) is 65.6 Å². The van der Waals surface area contributed by atoms with Crippen LogP contribution in [0.2, 0.25) is 0 Å². The third kappa shape index (κ3) is 2.89. The Balaban J connectivity index is 1.54. The van der Waals surface area contributed by atoms with Crippen LogP contribution in [0.4, 0.5) is 0 Å². The lowest BCUT2D eigenvalue weighted by Gasteiger charge is -2.04. The van der Waals surface area contributed by atoms with Crippen LogP contribution in [-0.4, -0.2) is 16.5 Å². The summed E-state index contributed by atoms with van der Waals surface area (Å²) in [7, 11) is 0. The zero-order chi connectivity index (χ0) is 13.8. The molecule has 0 aliphatic heterocycles. The number of para-hydroxylation sites is 1. The van der Waals surface area contributed by atoms with Crippen molar-refractivity contribution in [1.29, 1.82) is 0 Å². The highest BCUT2D eigenvalue weighted by Gasteiger charge is 2.02. The molecule has 0 bridgehead atoms. The number of benzene rings is 1. The monoisotopic (exact) mass is 265 g/mol. The van der Waals surface area contributed by atoms with E-state index in [1.165, 1.54) is 22.0 Å². The van der Waals surface area contributed by atoms with Crippen molar-refractivity contribution in [2.45, 2.75) is 19.9 Å². The van der Waals surface area contributed by atoms with E-state index in [9.17, 15) is 0 Å². The van der Waals surface area contributed by atoms with Crippen LogP contribution < -0.4 is 5.32 Å². The van der Waals surface area contributed by atoms with E-state index in [0.29, 0.717) is 0 Å². The summed E-state index contributed by atoms with van der Waals surface area (Å²) in [4.78, 5) is 7.71. The molecule has 3 rings (SSSR count). The Morgan fingerprint density at radius 3 is 2.90 bits per heavy atom. The van der Waals surface area contributed by atoms with Crippen LogP contribution in [0.1, 0.15) is 16.8 Å². The maximum absolute atomic E-state index is 4.39. The summed E-state index contributed by atoms with van der Waals surface area (Å²) in [5.74, 6) is 0. The van der Waals surface area contributed by atoms with Gasteiger partial charge in [-0.25, -0.2) is 0 Å². The summed E-state index contributed by atoms with van der Waals surface area (Å²) in [5.41, 5.74) is 4.87. The van der Waals surface area contributed by atoms with Gasteiger partial charge in [0.05, 0.1) is 5.69 Å². The maximum Gasteiger partial charge on any atom is 0.0541 e. The Labute approximate surface area is 119 Å². The zero-order valence-electron chi connectivity index (χ0n) is 11.7. The van der Waals surface area contributed by atoms with E-state index in [4.69, 9.17) is 0 Å². The molecule has 3 nitrogen and oxygen atoms in total. The third-order valence-electron chi connectivity index (χ3n) is 3.52. The van der Waals surface area contributed by atoms with Crippen molar-refractivity contribution in [2.75, 3.05) is 6.54 Å². The lowest BCUT2D eigenvalue weighted by molar-refractivity contribution is 0.676. The van der Waals surface area contributed by atoms with Crippen LogP contribution in [0.3, 0.4) is 0 Å². The molecular weight excluding hydrogens is 246 g/mol. The Morgan fingerprint density at radius 2 is 2.05 bits per heavy atom. The summed E-state index contributed by atoms with van der Waals surface area (Å²) in [6.07, 6.45) is 5.04. The van der Waals surface area contributed by atoms with Gasteiger partial charge in [-0.3, -0.25) is 4.98 Å². The molecule has 0 spiro atoms. The van der Waals surface area contributed by atoms with Crippen molar-refractivity contribution in [2.24, 2.45) is 0 Å². The van der Waals surface area contributed by atoms with Crippen LogP contribution >= 0.6 is 0 Å². The van der Waals surface area contributed by atoms with Crippen molar-refractivity contribution in [1.82, 2.24) is 15.3 Å². The molecule has 2 aromatic heterocycles. The molecule has 0 fully saturated rings. The topological polar surface area (TPSA) is 40.7 Å². The highest BCUT2D eigenvalue weighted by Crippen LogP contribution is 2.17. The van der Waals surface area contributed by atoms with Gasteiger partial charge >= 0.3 is 0 Å². The SMILES string of the molecule is Cc1ccc(CNCCc2c[nH]c3ccccc23)nc1. The molecule has 0 atom stereocenters. The van der Waals surface area contributed by atoms with Crippen molar-refractivity contribution in [3.8, 4) is 0 Å². The highest BCUT2D eigenvalue weighted by molar-refractivity contribution is 5.83. The van der Waals surface area contributed by atoms with E-state index in [1.54, 1.807) is 0 Å². The minimum Gasteiger partial charge on any atom is -0.361 e. The summed E-state index contributed by atoms with van der Waals surface area (Å²) >= 11 is 0. The second-order valence-corrected chi connectivity index (χ2v) is 5.11. The molecule has 3 aromatic rings. The van der Waals surface area contributed by atoms with Gasteiger partial charge in [0.1, 0.15) is 0 Å². The molecular formula is C17H19N3. The summed E-state index contributed by atoms with van der Waals surface area (Å²) in [5, 5.41) is 4.77. The predicted molar refractivity (Wildman–Crippen MR) is 82.7 cm³/mol. The number of fused-ring (bicyclic) bond motifs is 1. The summed E-state index contributed by atoms with van der Waals surface area (Å²) in [6.45, 7) is 3.83. The molecule has 0 unspecified atom stereocenters. The first-order valence-corrected chi connectivity index (χ1v) is 7.00. The number of rotatable bonds is 5. The summed E-state index contributed by atoms with van der Waals surface area (Å²) < 4.78 is 0. The first kappa shape index (κ1) is 12.9. The standard InChI is InChI=1S/C17H19N3/c1-13-6-7-15(19-10-13)12-18-9-8-14-11-20-17-5-3-2-4-16(14)17/h2-7,10-11,18,20H,8-9,12H2,1H3. The third-order valence-corrected chi connectivity index (χ3v) is 3.52. The van der Waals surface area contributed by atoms with Gasteiger partial charge in [-0.15, -0.1) is 0 Å². The number of aryl methyl sites for hydroxylation is 1. The second kappa shape index (κ2) is 5.88. The fourth-order valence-corrected chi connectivity index (χ4v) is 2.38. The minimum atomic E-state index is 0.822. The minimum absolute atomic E-state index is 0.822. The van der Waals surface area contributed by atoms with Crippen LogP contribution in [0, 0.1) is 6.92 Å². The number of aromatic amines is 1. The van der Waals surface area contributed by atoms with E-state index in [2.05, 4.69) is 64.8 Å². The number of nitrogens with zero attached hydrogens (tertiary/aromatic N) is 1. The fraction of sp³-hybridized carbons (Fsp3) is 0.235. The molecule has 0 aliphatic rings. The van der Waals surface area contributed by atoms with Gasteiger partial charge in [0.2, 0.25) is 0 Å². The Morgan fingerprint density at radius 1 is 1.15 bits per heavy atom. The lowest BCUT2D eigenvalue weighted by Crippen LogP contribution is -2.17. The molecule has 102 valence electrons. The van der Waals surface area contributed by atoms with E-state index in [1.807, 2.05) is 6.20 Å². The maximum atomic E-state index is 4.39. The van der Waals surface area contributed by atoms with Gasteiger partial charge in [0.15, 0.2) is 0 Å². The molecule has 1 aromatic carbocycles. The number of hydrogen-bond acceptors (Lipinski definition) is 2. The van der Waals surface area contributed by atoms with Crippen LogP contribution in [-0.2, 0) is 13.0 Å². The predicted octanol–water partition coefficient (Wildman–Crippen LogP) is 3.20. The Hall–Kier alpha value is -2.13. The molecule has 0 aliphatic carbocycles. The van der Waals surface area contributed by atoms with Gasteiger partial charge in [-0.1, -0.05) is 24.3 Å². The van der Waals surface area contributed by atoms with Crippen LogP contribution in [0.15, 0.2) is 48.8 Å². The van der Waals surface area contributed by atoms with Crippen LogP contribution in [0.25, 0.3) is 10.9 Å². The molecule has 0 saturated carbocycles. The van der Waals surface area contributed by atoms with Crippen molar-refractivity contribution >= 4 is 10.9 Å². The Bertz CT molecular complexity index is 683. The average molecular weight is 265 g/mol. The van der Waals surface area contributed by atoms with Crippen LogP contribution in [0.5, 0.6) is 0 Å². The van der Waals surface area contributed by atoms with Gasteiger partial charge in [0.25, 0.3) is 0 Å². The van der Waals surface area contributed by atoms with Gasteiger partial charge in [-0.05, 0) is 43.1 Å². The molecule has 3 heteroatoms. The lowest BCUT2D eigenvalue weighted by atomic mass is 10.1. The number of pyridine rings is 1. The number of hydrogen-bond donors (Lipinski definition) is 2. The molecule has 0 amide bonds. The van der Waals surface area contributed by atoms with E-state index in [-0.39, 0.29) is 0 Å². The molecule has 2 N–H and O–H groups in total. The first-order valence-electron chi connectivity index (χ1n) is 7.00. The first-order chi connectivity index (χ1) is 9.83. The largest absolute Gasteiger partial charge is 0.361 e. The average Bonchev–Trinajstić information content (AvgIpc) is 2.89. The molecule has 20 heavy (non-hydrogen) atoms. The smallest absolute Gasteiger partial charge is 0.0541 e. The highest BCUT2D eigenvalue weighted by atomic mass is 14.9. The van der Waals surface area contributed by atoms with Gasteiger partial charge < -0.3 is 10.3 Å². The van der Waals surface area contributed by atoms with Gasteiger partial charge in [-0.2, -0.15) is 0 Å². The number of nitrogens with one attached hydrogen (secondary N) is 2. The molecule has 0 saturated heterocycles. The Kier molecular flexibility index (Phi) is 3.79. The molecule has 0 radical (unpaired) electrons. The van der Waals surface area contributed by atoms with Crippen molar-refractivity contribution < 1.29 is 0 Å². The fourth-order valence-electron chi connectivity index (χ4n) is 2.38. The quantitative estimate of drug-likeness (QED) is 0.695. The normalized spacial score (nSPS) is 11.1. The second-order valence-electron chi connectivity index (χ2n) is 5.11. The van der Waals surface area contributed by atoms with E-state index < -0.39 is 0 Å².